The van der Waals surface area contributed by atoms with Gasteiger partial charge in [-0.15, -0.1) is 13.2 Å². The van der Waals surface area contributed by atoms with Crippen molar-refractivity contribution in [1.82, 2.24) is 4.90 Å². The molecule has 184 valence electrons. The molecular formula is C26H25F4N3O2. The van der Waals surface area contributed by atoms with Crippen LogP contribution in [0, 0.1) is 5.82 Å². The van der Waals surface area contributed by atoms with Gasteiger partial charge < -0.3 is 19.9 Å². The predicted octanol–water partition coefficient (Wildman–Crippen LogP) is 5.78. The first-order valence-corrected chi connectivity index (χ1v) is 11.1. The molecule has 9 heteroatoms. The minimum absolute atomic E-state index is 0.326. The summed E-state index contributed by atoms with van der Waals surface area (Å²) in [6, 6.07) is 17.0. The molecule has 0 aromatic heterocycles. The Morgan fingerprint density at radius 2 is 1.77 bits per heavy atom. The number of amides is 1. The van der Waals surface area contributed by atoms with Gasteiger partial charge in [0.25, 0.3) is 5.91 Å². The van der Waals surface area contributed by atoms with Crippen LogP contribution in [0.3, 0.4) is 0 Å². The zero-order valence-corrected chi connectivity index (χ0v) is 19.3. The molecule has 1 unspecified atom stereocenters. The van der Waals surface area contributed by atoms with Gasteiger partial charge in [-0.2, -0.15) is 0 Å². The first-order chi connectivity index (χ1) is 16.6. The molecule has 3 aromatic carbocycles. The summed E-state index contributed by atoms with van der Waals surface area (Å²) in [4.78, 5) is 16.8. The number of halogens is 4. The molecule has 1 saturated heterocycles. The average molecular weight is 487 g/mol. The third-order valence-corrected chi connectivity index (χ3v) is 5.99. The fraction of sp³-hybridized carbons (Fsp3) is 0.269. The third kappa shape index (κ3) is 6.10. The predicted molar refractivity (Wildman–Crippen MR) is 127 cm³/mol. The molecule has 3 aromatic rings. The smallest absolute Gasteiger partial charge is 0.406 e. The largest absolute Gasteiger partial charge is 0.573 e. The zero-order valence-electron chi connectivity index (χ0n) is 19.3. The van der Waals surface area contributed by atoms with Crippen LogP contribution in [0.4, 0.5) is 28.9 Å². The Labute approximate surface area is 200 Å². The Hall–Kier alpha value is -3.59. The van der Waals surface area contributed by atoms with Gasteiger partial charge in [-0.25, -0.2) is 4.39 Å². The van der Waals surface area contributed by atoms with Gasteiger partial charge in [-0.1, -0.05) is 24.3 Å². The van der Waals surface area contributed by atoms with Gasteiger partial charge in [0.2, 0.25) is 0 Å². The van der Waals surface area contributed by atoms with E-state index in [2.05, 4.69) is 15.0 Å². The van der Waals surface area contributed by atoms with Gasteiger partial charge in [0.05, 0.1) is 5.69 Å². The third-order valence-electron chi connectivity index (χ3n) is 5.99. The molecule has 4 rings (SSSR count). The minimum Gasteiger partial charge on any atom is -0.406 e. The highest BCUT2D eigenvalue weighted by Gasteiger charge is 2.31. The summed E-state index contributed by atoms with van der Waals surface area (Å²) in [5.41, 5.74) is 2.30. The van der Waals surface area contributed by atoms with Gasteiger partial charge in [0.15, 0.2) is 0 Å². The SMILES string of the molecule is CN(C)C1CCN(c2ccc(NC(=O)c3ccc(-c4cccc(OC(F)(F)F)c4)cc3)cc2F)C1. The molecule has 1 N–H and O–H groups in total. The van der Waals surface area contributed by atoms with Crippen molar-refractivity contribution < 1.29 is 27.1 Å². The molecule has 1 heterocycles. The molecule has 35 heavy (non-hydrogen) atoms. The molecule has 0 radical (unpaired) electrons. The Morgan fingerprint density at radius 3 is 2.40 bits per heavy atom. The Kier molecular flexibility index (Phi) is 6.98. The molecule has 5 nitrogen and oxygen atoms in total. The lowest BCUT2D eigenvalue weighted by molar-refractivity contribution is -0.274. The van der Waals surface area contributed by atoms with E-state index in [1.54, 1.807) is 42.5 Å². The lowest BCUT2D eigenvalue weighted by Gasteiger charge is -2.22. The second-order valence-electron chi connectivity index (χ2n) is 8.63. The number of carbonyl (C=O) groups excluding carboxylic acids is 1. The summed E-state index contributed by atoms with van der Waals surface area (Å²) in [5, 5.41) is 2.69. The van der Waals surface area contributed by atoms with E-state index in [0.717, 1.165) is 19.5 Å². The van der Waals surface area contributed by atoms with Crippen LogP contribution < -0.4 is 15.0 Å². The highest BCUT2D eigenvalue weighted by atomic mass is 19.4. The first kappa shape index (κ1) is 24.5. The normalized spacial score (nSPS) is 16.0. The number of hydrogen-bond acceptors (Lipinski definition) is 4. The van der Waals surface area contributed by atoms with Crippen LogP contribution in [0.1, 0.15) is 16.8 Å². The quantitative estimate of drug-likeness (QED) is 0.448. The van der Waals surface area contributed by atoms with Crippen LogP contribution in [0.2, 0.25) is 0 Å². The summed E-state index contributed by atoms with van der Waals surface area (Å²) in [7, 11) is 4.02. The number of rotatable bonds is 6. The first-order valence-electron chi connectivity index (χ1n) is 11.1. The van der Waals surface area contributed by atoms with E-state index < -0.39 is 18.1 Å². The number of nitrogens with zero attached hydrogens (tertiary/aromatic N) is 2. The van der Waals surface area contributed by atoms with Crippen LogP contribution in [-0.4, -0.2) is 50.4 Å². The van der Waals surface area contributed by atoms with E-state index in [0.29, 0.717) is 34.1 Å². The highest BCUT2D eigenvalue weighted by Crippen LogP contribution is 2.29. The van der Waals surface area contributed by atoms with Crippen molar-refractivity contribution in [3.05, 3.63) is 78.1 Å². The van der Waals surface area contributed by atoms with Crippen LogP contribution in [0.25, 0.3) is 11.1 Å². The lowest BCUT2D eigenvalue weighted by atomic mass is 10.0. The fourth-order valence-electron chi connectivity index (χ4n) is 4.11. The molecule has 0 aliphatic carbocycles. The van der Waals surface area contributed by atoms with Crippen LogP contribution in [-0.2, 0) is 0 Å². The number of likely N-dealkylation sites (N-methyl/N-ethyl adjacent to an activating group) is 1. The van der Waals surface area contributed by atoms with Crippen molar-refractivity contribution in [3.63, 3.8) is 0 Å². The topological polar surface area (TPSA) is 44.8 Å². The van der Waals surface area contributed by atoms with Gasteiger partial charge in [-0.05, 0) is 74.1 Å². The number of ether oxygens (including phenoxy) is 1. The number of anilines is 2. The highest BCUT2D eigenvalue weighted by molar-refractivity contribution is 6.04. The molecule has 1 aliphatic rings. The van der Waals surface area contributed by atoms with Gasteiger partial charge in [-0.3, -0.25) is 4.79 Å². The van der Waals surface area contributed by atoms with E-state index in [1.165, 1.54) is 24.3 Å². The second kappa shape index (κ2) is 9.95. The molecule has 0 spiro atoms. The molecule has 1 atom stereocenters. The summed E-state index contributed by atoms with van der Waals surface area (Å²) in [5.74, 6) is -1.15. The van der Waals surface area contributed by atoms with Crippen molar-refractivity contribution in [2.24, 2.45) is 0 Å². The van der Waals surface area contributed by atoms with Crippen LogP contribution in [0.15, 0.2) is 66.7 Å². The summed E-state index contributed by atoms with van der Waals surface area (Å²) in [6.45, 7) is 1.51. The monoisotopic (exact) mass is 487 g/mol. The number of hydrogen-bond donors (Lipinski definition) is 1. The van der Waals surface area contributed by atoms with Gasteiger partial charge in [0.1, 0.15) is 11.6 Å². The molecular weight excluding hydrogens is 462 g/mol. The zero-order chi connectivity index (χ0) is 25.2. The fourth-order valence-corrected chi connectivity index (χ4v) is 4.11. The molecule has 1 aliphatic heterocycles. The summed E-state index contributed by atoms with van der Waals surface area (Å²) < 4.78 is 56.1. The van der Waals surface area contributed by atoms with Crippen LogP contribution in [0.5, 0.6) is 5.75 Å². The maximum Gasteiger partial charge on any atom is 0.573 e. The average Bonchev–Trinajstić information content (AvgIpc) is 3.29. The van der Waals surface area contributed by atoms with E-state index in [-0.39, 0.29) is 5.75 Å². The second-order valence-corrected chi connectivity index (χ2v) is 8.63. The van der Waals surface area contributed by atoms with Crippen molar-refractivity contribution >= 4 is 17.3 Å². The van der Waals surface area contributed by atoms with E-state index >= 15 is 0 Å². The standard InChI is InChI=1S/C26H25F4N3O2/c1-32(2)21-12-13-33(16-21)24-11-10-20(15-23(24)27)31-25(34)18-8-6-17(7-9-18)19-4-3-5-22(14-19)35-26(28,29)30/h3-11,14-15,21H,12-13,16H2,1-2H3,(H,31,34). The van der Waals surface area contributed by atoms with Crippen LogP contribution >= 0.6 is 0 Å². The Balaban J connectivity index is 1.42. The number of carbonyl (C=O) groups is 1. The van der Waals surface area contributed by atoms with Crippen molar-refractivity contribution in [1.29, 1.82) is 0 Å². The van der Waals surface area contributed by atoms with Crippen molar-refractivity contribution in [3.8, 4) is 16.9 Å². The van der Waals surface area contributed by atoms with Gasteiger partial charge >= 0.3 is 6.36 Å². The molecule has 0 saturated carbocycles. The molecule has 1 fully saturated rings. The summed E-state index contributed by atoms with van der Waals surface area (Å²) >= 11 is 0. The molecule has 1 amide bonds. The minimum atomic E-state index is -4.78. The van der Waals surface area contributed by atoms with E-state index in [4.69, 9.17) is 0 Å². The summed E-state index contributed by atoms with van der Waals surface area (Å²) in [6.07, 6.45) is -3.82. The maximum atomic E-state index is 14.8. The number of nitrogens with one attached hydrogen (secondary N) is 1. The lowest BCUT2D eigenvalue weighted by Crippen LogP contribution is -2.31. The van der Waals surface area contributed by atoms with E-state index in [9.17, 15) is 22.4 Å². The number of benzene rings is 3. The Morgan fingerprint density at radius 1 is 1.03 bits per heavy atom. The molecule has 0 bridgehead atoms. The van der Waals surface area contributed by atoms with Gasteiger partial charge in [0, 0.05) is 30.4 Å². The van der Waals surface area contributed by atoms with Crippen molar-refractivity contribution in [2.75, 3.05) is 37.4 Å². The number of alkyl halides is 3. The maximum absolute atomic E-state index is 14.8. The Bertz CT molecular complexity index is 1200. The van der Waals surface area contributed by atoms with E-state index in [1.807, 2.05) is 19.0 Å². The van der Waals surface area contributed by atoms with Crippen molar-refractivity contribution in [2.45, 2.75) is 18.8 Å².